The van der Waals surface area contributed by atoms with Crippen LogP contribution in [0.1, 0.15) is 5.56 Å². The Morgan fingerprint density at radius 2 is 1.32 bits per heavy atom. The molecule has 0 N–H and O–H groups in total. The van der Waals surface area contributed by atoms with Crippen LogP contribution >= 0.6 is 11.3 Å². The summed E-state index contributed by atoms with van der Waals surface area (Å²) in [5, 5.41) is 9.70. The molecule has 0 fully saturated rings. The second kappa shape index (κ2) is 8.26. The summed E-state index contributed by atoms with van der Waals surface area (Å²) in [5.41, 5.74) is 7.85. The monoisotopic (exact) mass is 540 g/mol. The van der Waals surface area contributed by atoms with Crippen LogP contribution in [0, 0.1) is 6.92 Å². The maximum atomic E-state index is 5.30. The minimum absolute atomic E-state index is 0.904. The summed E-state index contributed by atoms with van der Waals surface area (Å²) >= 11 is 1.86. The van der Waals surface area contributed by atoms with Crippen molar-refractivity contribution in [3.8, 4) is 11.1 Å². The summed E-state index contributed by atoms with van der Waals surface area (Å²) < 4.78 is 4.97. The smallest absolute Gasteiger partial charge is 0.145 e. The van der Waals surface area contributed by atoms with E-state index in [1.165, 1.54) is 63.9 Å². The van der Waals surface area contributed by atoms with Gasteiger partial charge in [0.2, 0.25) is 0 Å². The van der Waals surface area contributed by atoms with Crippen molar-refractivity contribution in [2.75, 3.05) is 0 Å². The molecule has 0 atom stereocenters. The van der Waals surface area contributed by atoms with Crippen LogP contribution in [-0.2, 0) is 0 Å². The highest BCUT2D eigenvalue weighted by Gasteiger charge is 2.18. The predicted molar refractivity (Wildman–Crippen MR) is 177 cm³/mol. The second-order valence-corrected chi connectivity index (χ2v) is 12.0. The van der Waals surface area contributed by atoms with E-state index in [4.69, 9.17) is 4.99 Å². The molecule has 2 nitrogen and oxygen atoms in total. The number of hydrogen-bond acceptors (Lipinski definition) is 2. The van der Waals surface area contributed by atoms with Gasteiger partial charge in [0.25, 0.3) is 0 Å². The van der Waals surface area contributed by atoms with Gasteiger partial charge in [-0.1, -0.05) is 79.4 Å². The molecule has 0 saturated heterocycles. The van der Waals surface area contributed by atoms with Crippen LogP contribution in [0.2, 0.25) is 0 Å². The summed E-state index contributed by atoms with van der Waals surface area (Å²) in [4.78, 5) is 5.30. The van der Waals surface area contributed by atoms with Crippen molar-refractivity contribution in [3.05, 3.63) is 132 Å². The molecule has 0 aliphatic rings. The second-order valence-electron chi connectivity index (χ2n) is 10.9. The Morgan fingerprint density at radius 1 is 0.610 bits per heavy atom. The van der Waals surface area contributed by atoms with E-state index in [2.05, 4.69) is 133 Å². The first-order valence-electron chi connectivity index (χ1n) is 13.9. The van der Waals surface area contributed by atoms with E-state index in [1.54, 1.807) is 0 Å². The summed E-state index contributed by atoms with van der Waals surface area (Å²) in [5.74, 6) is 0. The van der Waals surface area contributed by atoms with Crippen molar-refractivity contribution in [2.45, 2.75) is 6.92 Å². The Balaban J connectivity index is 1.36. The fourth-order valence-electron chi connectivity index (χ4n) is 6.64. The molecule has 192 valence electrons. The third kappa shape index (κ3) is 3.15. The summed E-state index contributed by atoms with van der Waals surface area (Å²) in [6, 6.07) is 41.7. The van der Waals surface area contributed by atoms with E-state index in [9.17, 15) is 0 Å². The number of hydrogen-bond donors (Lipinski definition) is 0. The van der Waals surface area contributed by atoms with Crippen molar-refractivity contribution >= 4 is 81.7 Å². The molecule has 3 aromatic heterocycles. The van der Waals surface area contributed by atoms with Crippen molar-refractivity contribution in [1.82, 2.24) is 4.40 Å². The van der Waals surface area contributed by atoms with Crippen LogP contribution < -0.4 is 10.7 Å². The molecule has 3 heterocycles. The third-order valence-corrected chi connectivity index (χ3v) is 9.83. The quantitative estimate of drug-likeness (QED) is 0.208. The number of fused-ring (bicyclic) bond motifs is 7. The first-order valence-corrected chi connectivity index (χ1v) is 14.7. The lowest BCUT2D eigenvalue weighted by molar-refractivity contribution is 1.11. The van der Waals surface area contributed by atoms with Crippen LogP contribution in [0.5, 0.6) is 0 Å². The summed E-state index contributed by atoms with van der Waals surface area (Å²) in [6.07, 6.45) is 0. The van der Waals surface area contributed by atoms with Crippen LogP contribution in [0.4, 0.5) is 5.69 Å². The molecule has 0 saturated carbocycles. The van der Waals surface area contributed by atoms with Crippen molar-refractivity contribution in [1.29, 1.82) is 0 Å². The number of aryl methyl sites for hydroxylation is 1. The van der Waals surface area contributed by atoms with E-state index >= 15 is 0 Å². The van der Waals surface area contributed by atoms with Crippen LogP contribution in [0.15, 0.2) is 120 Å². The Kier molecular flexibility index (Phi) is 4.59. The minimum Gasteiger partial charge on any atom is -0.293 e. The number of para-hydroxylation sites is 1. The normalized spacial score (nSPS) is 12.8. The molecule has 0 aliphatic carbocycles. The largest absolute Gasteiger partial charge is 0.293 e. The number of aromatic nitrogens is 1. The Bertz CT molecular complexity index is 2620. The molecule has 9 aromatic rings. The van der Waals surface area contributed by atoms with E-state index < -0.39 is 0 Å². The lowest BCUT2D eigenvalue weighted by atomic mass is 9.99. The molecule has 3 heteroatoms. The number of benzene rings is 6. The van der Waals surface area contributed by atoms with Gasteiger partial charge < -0.3 is 0 Å². The lowest BCUT2D eigenvalue weighted by Gasteiger charge is -2.05. The highest BCUT2D eigenvalue weighted by molar-refractivity contribution is 7.25. The van der Waals surface area contributed by atoms with E-state index in [-0.39, 0.29) is 0 Å². The predicted octanol–water partition coefficient (Wildman–Crippen LogP) is 9.54. The molecule has 41 heavy (non-hydrogen) atoms. The average molecular weight is 541 g/mol. The molecule has 9 rings (SSSR count). The summed E-state index contributed by atoms with van der Waals surface area (Å²) in [6.45, 7) is 6.78. The number of nitrogens with zero attached hydrogens (tertiary/aromatic N) is 2. The van der Waals surface area contributed by atoms with Gasteiger partial charge in [0, 0.05) is 41.5 Å². The molecule has 0 spiro atoms. The first-order chi connectivity index (χ1) is 20.2. The third-order valence-electron chi connectivity index (χ3n) is 8.68. The van der Waals surface area contributed by atoms with Gasteiger partial charge in [-0.25, -0.2) is 4.99 Å². The highest BCUT2D eigenvalue weighted by atomic mass is 32.1. The summed E-state index contributed by atoms with van der Waals surface area (Å²) in [7, 11) is 0. The van der Waals surface area contributed by atoms with Gasteiger partial charge >= 0.3 is 0 Å². The zero-order valence-corrected chi connectivity index (χ0v) is 23.3. The minimum atomic E-state index is 0.904. The van der Waals surface area contributed by atoms with Crippen LogP contribution in [0.3, 0.4) is 0 Å². The van der Waals surface area contributed by atoms with Crippen molar-refractivity contribution in [2.24, 2.45) is 4.99 Å². The fraction of sp³-hybridized carbons (Fsp3) is 0.0263. The molecule has 0 aliphatic heterocycles. The topological polar surface area (TPSA) is 16.8 Å². The van der Waals surface area contributed by atoms with Crippen LogP contribution in [-0.4, -0.2) is 4.40 Å². The zero-order valence-electron chi connectivity index (χ0n) is 22.5. The van der Waals surface area contributed by atoms with Crippen molar-refractivity contribution < 1.29 is 0 Å². The fourth-order valence-corrected chi connectivity index (χ4v) is 7.73. The van der Waals surface area contributed by atoms with Crippen molar-refractivity contribution in [3.63, 3.8) is 0 Å². The van der Waals surface area contributed by atoms with Gasteiger partial charge in [0.15, 0.2) is 0 Å². The molecule has 0 radical (unpaired) electrons. The van der Waals surface area contributed by atoms with Gasteiger partial charge in [-0.2, -0.15) is 0 Å². The lowest BCUT2D eigenvalue weighted by Crippen LogP contribution is -2.24. The molecular weight excluding hydrogens is 516 g/mol. The van der Waals surface area contributed by atoms with E-state index in [1.807, 2.05) is 11.3 Å². The van der Waals surface area contributed by atoms with Gasteiger partial charge in [-0.3, -0.25) is 4.40 Å². The molecule has 0 bridgehead atoms. The number of rotatable bonds is 2. The van der Waals surface area contributed by atoms with E-state index in [0.717, 1.165) is 27.3 Å². The Morgan fingerprint density at radius 3 is 2.22 bits per heavy atom. The molecule has 0 unspecified atom stereocenters. The number of thiophene rings is 1. The molecular formula is C38H24N2S. The van der Waals surface area contributed by atoms with E-state index in [0.29, 0.717) is 0 Å². The highest BCUT2D eigenvalue weighted by Crippen LogP contribution is 2.39. The Labute approximate surface area is 240 Å². The van der Waals surface area contributed by atoms with Gasteiger partial charge in [-0.15, -0.1) is 11.3 Å². The Hall–Kier alpha value is -4.99. The van der Waals surface area contributed by atoms with Gasteiger partial charge in [-0.05, 0) is 76.9 Å². The molecule has 6 aromatic carbocycles. The van der Waals surface area contributed by atoms with Gasteiger partial charge in [0.1, 0.15) is 5.49 Å². The standard InChI is InChI=1S/C38H24N2S/c1-22-27-10-4-3-9-24(27)15-17-33(22)39-38-23(2)30-20-26(21-32-28-11-5-7-13-34(28)40(38)37(30)32)25-16-18-36-31(19-25)29-12-6-8-14-35(29)41-36/h3-21H,2H2,1H3. The molecule has 0 amide bonds. The maximum absolute atomic E-state index is 5.30. The SMILES string of the molecule is C=c1c(=Nc2ccc3ccccc3c2C)n2c3ccccc3c3cc(-c4ccc5sc6ccccc6c5c4)cc1c32. The first kappa shape index (κ1) is 22.8. The average Bonchev–Trinajstić information content (AvgIpc) is 3.64. The van der Waals surface area contributed by atoms with Gasteiger partial charge in [0.05, 0.1) is 16.7 Å². The zero-order chi connectivity index (χ0) is 27.2. The maximum Gasteiger partial charge on any atom is 0.145 e. The van der Waals surface area contributed by atoms with Crippen LogP contribution in [0.25, 0.3) is 75.8 Å².